The van der Waals surface area contributed by atoms with E-state index in [-0.39, 0.29) is 33.6 Å². The van der Waals surface area contributed by atoms with E-state index in [1.54, 1.807) is 24.3 Å². The molecule has 8 heteroatoms. The molecule has 0 saturated carbocycles. The summed E-state index contributed by atoms with van der Waals surface area (Å²) in [6.45, 7) is 0. The van der Waals surface area contributed by atoms with Crippen molar-refractivity contribution in [1.29, 1.82) is 0 Å². The molecule has 2 aliphatic rings. The lowest BCUT2D eigenvalue weighted by molar-refractivity contribution is 0.0908. The molecule has 3 aromatic rings. The molecule has 146 valence electrons. The van der Waals surface area contributed by atoms with Crippen molar-refractivity contribution in [3.8, 4) is 11.5 Å². The summed E-state index contributed by atoms with van der Waals surface area (Å²) in [5.41, 5.74) is 0.186. The first-order valence-electron chi connectivity index (χ1n) is 8.91. The van der Waals surface area contributed by atoms with E-state index >= 15 is 0 Å². The van der Waals surface area contributed by atoms with Gasteiger partial charge in [-0.2, -0.15) is 0 Å². The van der Waals surface area contributed by atoms with Crippen molar-refractivity contribution in [3.05, 3.63) is 82.9 Å². The van der Waals surface area contributed by atoms with Crippen molar-refractivity contribution < 1.29 is 29.4 Å². The van der Waals surface area contributed by atoms with Crippen molar-refractivity contribution in [3.63, 3.8) is 0 Å². The Hall–Kier alpha value is -4.46. The standard InChI is InChI=1S/C22H12N2O6/c25-17-10-16(24-21(29)13-7-3-4-8-14(13)22(24)30)18(26)9-15(17)23-19(27)11-5-1-2-6-12(11)20(23)28/h1-10,25-26H. The molecule has 5 rings (SSSR count). The Morgan fingerprint density at radius 2 is 0.767 bits per heavy atom. The van der Waals surface area contributed by atoms with Gasteiger partial charge in [0.1, 0.15) is 11.5 Å². The molecular weight excluding hydrogens is 388 g/mol. The van der Waals surface area contributed by atoms with Gasteiger partial charge >= 0.3 is 0 Å². The number of benzene rings is 3. The molecule has 2 aliphatic heterocycles. The topological polar surface area (TPSA) is 115 Å². The van der Waals surface area contributed by atoms with Crippen molar-refractivity contribution in [2.75, 3.05) is 9.80 Å². The van der Waals surface area contributed by atoms with Crippen molar-refractivity contribution in [2.45, 2.75) is 0 Å². The number of rotatable bonds is 2. The summed E-state index contributed by atoms with van der Waals surface area (Å²) in [5, 5.41) is 21.1. The van der Waals surface area contributed by atoms with Gasteiger partial charge < -0.3 is 10.2 Å². The summed E-state index contributed by atoms with van der Waals surface area (Å²) in [6.07, 6.45) is 0. The summed E-state index contributed by atoms with van der Waals surface area (Å²) in [7, 11) is 0. The molecule has 0 spiro atoms. The van der Waals surface area contributed by atoms with Crippen LogP contribution in [0.4, 0.5) is 11.4 Å². The maximum atomic E-state index is 12.7. The highest BCUT2D eigenvalue weighted by Gasteiger charge is 2.41. The van der Waals surface area contributed by atoms with Crippen molar-refractivity contribution in [2.24, 2.45) is 0 Å². The minimum atomic E-state index is -0.654. The Bertz CT molecular complexity index is 1140. The van der Waals surface area contributed by atoms with Gasteiger partial charge in [0.05, 0.1) is 33.6 Å². The maximum absolute atomic E-state index is 12.7. The molecule has 0 aliphatic carbocycles. The lowest BCUT2D eigenvalue weighted by Gasteiger charge is -2.20. The summed E-state index contributed by atoms with van der Waals surface area (Å²) in [5.74, 6) is -3.71. The molecule has 2 N–H and O–H groups in total. The number of imide groups is 2. The van der Waals surface area contributed by atoms with Gasteiger partial charge in [0, 0.05) is 12.1 Å². The number of amides is 4. The summed E-state index contributed by atoms with van der Waals surface area (Å²) >= 11 is 0. The van der Waals surface area contributed by atoms with Gasteiger partial charge in [-0.05, 0) is 24.3 Å². The molecule has 4 amide bonds. The number of aromatic hydroxyl groups is 2. The number of phenols is 2. The first-order chi connectivity index (χ1) is 14.4. The van der Waals surface area contributed by atoms with Gasteiger partial charge in [-0.1, -0.05) is 24.3 Å². The van der Waals surface area contributed by atoms with Crippen LogP contribution >= 0.6 is 0 Å². The third-order valence-corrected chi connectivity index (χ3v) is 5.14. The molecule has 30 heavy (non-hydrogen) atoms. The van der Waals surface area contributed by atoms with Crippen LogP contribution in [0.3, 0.4) is 0 Å². The monoisotopic (exact) mass is 400 g/mol. The van der Waals surface area contributed by atoms with Crippen LogP contribution in [0.1, 0.15) is 41.4 Å². The van der Waals surface area contributed by atoms with Gasteiger partial charge in [-0.25, -0.2) is 9.80 Å². The third-order valence-electron chi connectivity index (χ3n) is 5.14. The van der Waals surface area contributed by atoms with Crippen LogP contribution in [-0.4, -0.2) is 33.8 Å². The van der Waals surface area contributed by atoms with Crippen LogP contribution in [0.5, 0.6) is 11.5 Å². The second kappa shape index (κ2) is 6.02. The van der Waals surface area contributed by atoms with E-state index in [1.165, 1.54) is 24.3 Å². The Balaban J connectivity index is 1.58. The van der Waals surface area contributed by atoms with Gasteiger partial charge in [0.25, 0.3) is 23.6 Å². The lowest BCUT2D eigenvalue weighted by atomic mass is 10.1. The zero-order valence-corrected chi connectivity index (χ0v) is 15.2. The summed E-state index contributed by atoms with van der Waals surface area (Å²) < 4.78 is 0. The third kappa shape index (κ3) is 2.21. The van der Waals surface area contributed by atoms with E-state index in [9.17, 15) is 29.4 Å². The molecule has 0 unspecified atom stereocenters. The smallest absolute Gasteiger partial charge is 0.266 e. The highest BCUT2D eigenvalue weighted by atomic mass is 16.3. The highest BCUT2D eigenvalue weighted by Crippen LogP contribution is 2.43. The fraction of sp³-hybridized carbons (Fsp3) is 0. The average molecular weight is 400 g/mol. The number of phenolic OH excluding ortho intramolecular Hbond substituents is 2. The van der Waals surface area contributed by atoms with E-state index < -0.39 is 35.1 Å². The molecule has 3 aromatic carbocycles. The van der Waals surface area contributed by atoms with Crippen LogP contribution in [0, 0.1) is 0 Å². The first-order valence-corrected chi connectivity index (χ1v) is 8.91. The van der Waals surface area contributed by atoms with E-state index in [0.29, 0.717) is 0 Å². The van der Waals surface area contributed by atoms with Crippen LogP contribution in [0.15, 0.2) is 60.7 Å². The zero-order valence-electron chi connectivity index (χ0n) is 15.2. The molecule has 8 nitrogen and oxygen atoms in total. The molecular formula is C22H12N2O6. The second-order valence-corrected chi connectivity index (χ2v) is 6.81. The van der Waals surface area contributed by atoms with E-state index in [1.807, 2.05) is 0 Å². The van der Waals surface area contributed by atoms with Crippen LogP contribution in [0.2, 0.25) is 0 Å². The largest absolute Gasteiger partial charge is 0.506 e. The fourth-order valence-electron chi connectivity index (χ4n) is 3.73. The number of anilines is 2. The molecule has 2 heterocycles. The Morgan fingerprint density at radius 1 is 0.500 bits per heavy atom. The number of fused-ring (bicyclic) bond motifs is 2. The minimum absolute atomic E-state index is 0.172. The average Bonchev–Trinajstić information content (AvgIpc) is 3.15. The maximum Gasteiger partial charge on any atom is 0.266 e. The quantitative estimate of drug-likeness (QED) is 0.505. The SMILES string of the molecule is O=C1c2ccccc2C(=O)N1c1cc(O)c(N2C(=O)c3ccccc3C2=O)cc1O. The predicted molar refractivity (Wildman–Crippen MR) is 105 cm³/mol. The Kier molecular flexibility index (Phi) is 3.54. The van der Waals surface area contributed by atoms with Gasteiger partial charge in [-0.3, -0.25) is 19.2 Å². The number of carbonyl (C=O) groups excluding carboxylic acids is 4. The first kappa shape index (κ1) is 17.6. The number of hydrogen-bond donors (Lipinski definition) is 2. The molecule has 0 atom stereocenters. The van der Waals surface area contributed by atoms with Crippen LogP contribution in [-0.2, 0) is 0 Å². The number of hydrogen-bond acceptors (Lipinski definition) is 6. The minimum Gasteiger partial charge on any atom is -0.506 e. The molecule has 0 fully saturated rings. The van der Waals surface area contributed by atoms with Crippen molar-refractivity contribution >= 4 is 35.0 Å². The molecule has 0 saturated heterocycles. The zero-order chi connectivity index (χ0) is 21.2. The molecule has 0 aromatic heterocycles. The Morgan fingerprint density at radius 3 is 1.03 bits per heavy atom. The van der Waals surface area contributed by atoms with Crippen molar-refractivity contribution in [1.82, 2.24) is 0 Å². The van der Waals surface area contributed by atoms with Gasteiger partial charge in [0.2, 0.25) is 0 Å². The molecule has 0 bridgehead atoms. The fourth-order valence-corrected chi connectivity index (χ4v) is 3.73. The van der Waals surface area contributed by atoms with Crippen LogP contribution < -0.4 is 9.80 Å². The van der Waals surface area contributed by atoms with E-state index in [4.69, 9.17) is 0 Å². The van der Waals surface area contributed by atoms with Gasteiger partial charge in [-0.15, -0.1) is 0 Å². The van der Waals surface area contributed by atoms with Gasteiger partial charge in [0.15, 0.2) is 0 Å². The number of carbonyl (C=O) groups is 4. The predicted octanol–water partition coefficient (Wildman–Crippen LogP) is 2.70. The Labute approximate surface area is 169 Å². The lowest BCUT2D eigenvalue weighted by Crippen LogP contribution is -2.31. The normalized spacial score (nSPS) is 15.1. The summed E-state index contributed by atoms with van der Waals surface area (Å²) in [4.78, 5) is 52.1. The van der Waals surface area contributed by atoms with E-state index in [0.717, 1.165) is 21.9 Å². The number of nitrogens with zero attached hydrogens (tertiary/aromatic N) is 2. The highest BCUT2D eigenvalue weighted by molar-refractivity contribution is 6.36. The van der Waals surface area contributed by atoms with E-state index in [2.05, 4.69) is 0 Å². The second-order valence-electron chi connectivity index (χ2n) is 6.81. The van der Waals surface area contributed by atoms with Crippen LogP contribution in [0.25, 0.3) is 0 Å². The molecule has 0 radical (unpaired) electrons. The summed E-state index contributed by atoms with van der Waals surface area (Å²) in [6, 6.07) is 14.3.